The van der Waals surface area contributed by atoms with Crippen molar-refractivity contribution in [1.82, 2.24) is 9.97 Å². The number of nitrogens with zero attached hydrogens (tertiary/aromatic N) is 4. The van der Waals surface area contributed by atoms with Gasteiger partial charge in [-0.1, -0.05) is 48.5 Å². The molecular weight excluding hydrogens is 348 g/mol. The zero-order valence-electron chi connectivity index (χ0n) is 16.2. The first-order valence-electron chi connectivity index (χ1n) is 9.69. The number of hydrogen-bond acceptors (Lipinski definition) is 4. The Morgan fingerprint density at radius 1 is 1.07 bits per heavy atom. The molecule has 0 bridgehead atoms. The van der Waals surface area contributed by atoms with Crippen molar-refractivity contribution in [2.75, 3.05) is 16.3 Å². The summed E-state index contributed by atoms with van der Waals surface area (Å²) in [5.74, 6) is 0.681. The summed E-state index contributed by atoms with van der Waals surface area (Å²) in [7, 11) is 0. The van der Waals surface area contributed by atoms with E-state index >= 15 is 0 Å². The Labute approximate surface area is 165 Å². The van der Waals surface area contributed by atoms with Crippen molar-refractivity contribution in [3.8, 4) is 0 Å². The van der Waals surface area contributed by atoms with Crippen molar-refractivity contribution < 1.29 is 4.79 Å². The second-order valence-electron chi connectivity index (χ2n) is 7.12. The van der Waals surface area contributed by atoms with Crippen molar-refractivity contribution in [1.29, 1.82) is 0 Å². The quantitative estimate of drug-likeness (QED) is 0.677. The Bertz CT molecular complexity index is 956. The van der Waals surface area contributed by atoms with E-state index in [0.717, 1.165) is 31.0 Å². The van der Waals surface area contributed by atoms with E-state index in [1.807, 2.05) is 41.3 Å². The molecule has 1 aliphatic heterocycles. The number of aromatic nitrogens is 2. The van der Waals surface area contributed by atoms with E-state index in [1.54, 1.807) is 12.4 Å². The van der Waals surface area contributed by atoms with Crippen LogP contribution in [0.25, 0.3) is 0 Å². The largest absolute Gasteiger partial charge is 0.351 e. The molecule has 0 saturated heterocycles. The van der Waals surface area contributed by atoms with Crippen LogP contribution in [0.15, 0.2) is 67.0 Å². The summed E-state index contributed by atoms with van der Waals surface area (Å²) in [6, 6.07) is 18.5. The van der Waals surface area contributed by atoms with Gasteiger partial charge in [0, 0.05) is 24.8 Å². The van der Waals surface area contributed by atoms with E-state index in [2.05, 4.69) is 46.9 Å². The standard InChI is InChI=1S/C23H24N4O/c1-3-26(16-18-9-5-4-6-10-18)22-15-24-20(14-25-22)23(28)27-17(2)13-19-11-7-8-12-21(19)27/h4-12,14-15,17H,3,13,16H2,1-2H3. The fourth-order valence-electron chi connectivity index (χ4n) is 3.75. The number of anilines is 2. The normalized spacial score (nSPS) is 15.4. The van der Waals surface area contributed by atoms with Gasteiger partial charge in [-0.3, -0.25) is 4.79 Å². The number of benzene rings is 2. The summed E-state index contributed by atoms with van der Waals surface area (Å²) in [6.45, 7) is 5.73. The summed E-state index contributed by atoms with van der Waals surface area (Å²) < 4.78 is 0. The molecule has 0 N–H and O–H groups in total. The second-order valence-corrected chi connectivity index (χ2v) is 7.12. The average molecular weight is 372 g/mol. The van der Waals surface area contributed by atoms with Gasteiger partial charge in [0.1, 0.15) is 11.5 Å². The minimum absolute atomic E-state index is 0.0948. The highest BCUT2D eigenvalue weighted by atomic mass is 16.2. The van der Waals surface area contributed by atoms with Crippen LogP contribution in [0.1, 0.15) is 35.5 Å². The predicted molar refractivity (Wildman–Crippen MR) is 112 cm³/mol. The molecule has 1 amide bonds. The van der Waals surface area contributed by atoms with Crippen molar-refractivity contribution in [2.24, 2.45) is 0 Å². The second kappa shape index (κ2) is 7.80. The molecule has 5 nitrogen and oxygen atoms in total. The van der Waals surface area contributed by atoms with Gasteiger partial charge in [-0.05, 0) is 37.5 Å². The van der Waals surface area contributed by atoms with E-state index < -0.39 is 0 Å². The molecule has 4 rings (SSSR count). The minimum Gasteiger partial charge on any atom is -0.351 e. The van der Waals surface area contributed by atoms with E-state index in [-0.39, 0.29) is 11.9 Å². The lowest BCUT2D eigenvalue weighted by Gasteiger charge is -2.23. The highest BCUT2D eigenvalue weighted by Gasteiger charge is 2.32. The van der Waals surface area contributed by atoms with Gasteiger partial charge in [-0.15, -0.1) is 0 Å². The van der Waals surface area contributed by atoms with E-state index in [4.69, 9.17) is 0 Å². The van der Waals surface area contributed by atoms with Crippen LogP contribution in [-0.2, 0) is 13.0 Å². The zero-order valence-corrected chi connectivity index (χ0v) is 16.2. The van der Waals surface area contributed by atoms with Crippen molar-refractivity contribution in [2.45, 2.75) is 32.9 Å². The Morgan fingerprint density at radius 3 is 2.54 bits per heavy atom. The summed E-state index contributed by atoms with van der Waals surface area (Å²) in [5.41, 5.74) is 3.77. The topological polar surface area (TPSA) is 49.3 Å². The number of carbonyl (C=O) groups excluding carboxylic acids is 1. The number of carbonyl (C=O) groups is 1. The third kappa shape index (κ3) is 3.48. The molecule has 28 heavy (non-hydrogen) atoms. The third-order valence-electron chi connectivity index (χ3n) is 5.21. The van der Waals surface area contributed by atoms with E-state index in [1.165, 1.54) is 11.1 Å². The van der Waals surface area contributed by atoms with Crippen LogP contribution in [0.4, 0.5) is 11.5 Å². The molecule has 2 aromatic carbocycles. The van der Waals surface area contributed by atoms with Gasteiger partial charge in [0.15, 0.2) is 0 Å². The van der Waals surface area contributed by atoms with Crippen LogP contribution < -0.4 is 9.80 Å². The van der Waals surface area contributed by atoms with E-state index in [0.29, 0.717) is 5.69 Å². The first-order valence-corrected chi connectivity index (χ1v) is 9.69. The van der Waals surface area contributed by atoms with Gasteiger partial charge in [0.05, 0.1) is 12.4 Å². The maximum atomic E-state index is 13.1. The molecule has 142 valence electrons. The maximum absolute atomic E-state index is 13.1. The van der Waals surface area contributed by atoms with Crippen LogP contribution in [0.3, 0.4) is 0 Å². The number of rotatable bonds is 5. The lowest BCUT2D eigenvalue weighted by atomic mass is 10.1. The molecule has 1 unspecified atom stereocenters. The first kappa shape index (κ1) is 18.2. The van der Waals surface area contributed by atoms with Crippen LogP contribution in [0, 0.1) is 0 Å². The summed E-state index contributed by atoms with van der Waals surface area (Å²) in [6.07, 6.45) is 4.17. The Balaban J connectivity index is 1.53. The van der Waals surface area contributed by atoms with Gasteiger partial charge in [0.25, 0.3) is 5.91 Å². The average Bonchev–Trinajstić information content (AvgIpc) is 3.08. The molecule has 5 heteroatoms. The Morgan fingerprint density at radius 2 is 1.82 bits per heavy atom. The van der Waals surface area contributed by atoms with Crippen LogP contribution in [-0.4, -0.2) is 28.5 Å². The molecule has 1 aliphatic rings. The molecular formula is C23H24N4O. The van der Waals surface area contributed by atoms with Crippen LogP contribution in [0.5, 0.6) is 0 Å². The molecule has 0 aliphatic carbocycles. The number of fused-ring (bicyclic) bond motifs is 1. The fraction of sp³-hybridized carbons (Fsp3) is 0.261. The molecule has 0 spiro atoms. The Kier molecular flexibility index (Phi) is 5.06. The molecule has 1 aromatic heterocycles. The van der Waals surface area contributed by atoms with Crippen molar-refractivity contribution in [3.63, 3.8) is 0 Å². The minimum atomic E-state index is -0.0948. The van der Waals surface area contributed by atoms with Crippen LogP contribution in [0.2, 0.25) is 0 Å². The summed E-state index contributed by atoms with van der Waals surface area (Å²) >= 11 is 0. The van der Waals surface area contributed by atoms with Crippen LogP contribution >= 0.6 is 0 Å². The number of para-hydroxylation sites is 1. The smallest absolute Gasteiger partial charge is 0.278 e. The lowest BCUT2D eigenvalue weighted by molar-refractivity contribution is 0.0976. The number of amides is 1. The van der Waals surface area contributed by atoms with E-state index in [9.17, 15) is 4.79 Å². The first-order chi connectivity index (χ1) is 13.7. The molecule has 3 aromatic rings. The van der Waals surface area contributed by atoms with Crippen molar-refractivity contribution >= 4 is 17.4 Å². The predicted octanol–water partition coefficient (Wildman–Crippen LogP) is 4.09. The molecule has 2 heterocycles. The SMILES string of the molecule is CCN(Cc1ccccc1)c1cnc(C(=O)N2c3ccccc3CC2C)cn1. The highest BCUT2D eigenvalue weighted by Crippen LogP contribution is 2.32. The Hall–Kier alpha value is -3.21. The van der Waals surface area contributed by atoms with Crippen molar-refractivity contribution in [3.05, 3.63) is 83.8 Å². The van der Waals surface area contributed by atoms with Gasteiger partial charge in [0.2, 0.25) is 0 Å². The molecule has 0 fully saturated rings. The summed E-state index contributed by atoms with van der Waals surface area (Å²) in [4.78, 5) is 26.0. The molecule has 0 saturated carbocycles. The van der Waals surface area contributed by atoms with Gasteiger partial charge in [-0.2, -0.15) is 0 Å². The number of hydrogen-bond donors (Lipinski definition) is 0. The maximum Gasteiger partial charge on any atom is 0.278 e. The monoisotopic (exact) mass is 372 g/mol. The fourth-order valence-corrected chi connectivity index (χ4v) is 3.75. The third-order valence-corrected chi connectivity index (χ3v) is 5.21. The lowest BCUT2D eigenvalue weighted by Crippen LogP contribution is -2.36. The van der Waals surface area contributed by atoms with Gasteiger partial charge in [-0.25, -0.2) is 9.97 Å². The molecule has 1 atom stereocenters. The highest BCUT2D eigenvalue weighted by molar-refractivity contribution is 6.06. The van der Waals surface area contributed by atoms with Gasteiger partial charge < -0.3 is 9.80 Å². The zero-order chi connectivity index (χ0) is 19.5. The van der Waals surface area contributed by atoms with Gasteiger partial charge >= 0.3 is 0 Å². The summed E-state index contributed by atoms with van der Waals surface area (Å²) in [5, 5.41) is 0. The molecule has 0 radical (unpaired) electrons.